The Bertz CT molecular complexity index is 3370. The van der Waals surface area contributed by atoms with Gasteiger partial charge in [-0.25, -0.2) is 0 Å². The fraction of sp³-hybridized carbons (Fsp3) is 0. The van der Waals surface area contributed by atoms with Crippen molar-refractivity contribution in [3.63, 3.8) is 0 Å². The van der Waals surface area contributed by atoms with Crippen molar-refractivity contribution in [2.24, 2.45) is 0 Å². The van der Waals surface area contributed by atoms with E-state index in [0.717, 1.165) is 16.8 Å². The zero-order valence-corrected chi connectivity index (χ0v) is 37.1. The second kappa shape index (κ2) is 16.7. The molecule has 3 heterocycles. The molecule has 1 nitrogen and oxygen atoms in total. The Morgan fingerprint density at radius 3 is 0.908 bits per heavy atom. The Kier molecular flexibility index (Phi) is 9.98. The van der Waals surface area contributed by atoms with Gasteiger partial charge in [-0.3, -0.25) is 0 Å². The number of fused-ring (bicyclic) bond motifs is 3. The van der Waals surface area contributed by atoms with Crippen LogP contribution in [0.5, 0.6) is 0 Å². The van der Waals surface area contributed by atoms with Gasteiger partial charge in [0.05, 0.1) is 11.0 Å². The first kappa shape index (κ1) is 38.8. The van der Waals surface area contributed by atoms with E-state index in [-0.39, 0.29) is 0 Å². The third-order valence-electron chi connectivity index (χ3n) is 12.5. The fourth-order valence-corrected chi connectivity index (χ4v) is 10.8. The minimum atomic E-state index is 1.11. The highest BCUT2D eigenvalue weighted by atomic mass is 32.1. The lowest BCUT2D eigenvalue weighted by molar-refractivity contribution is 1.18. The summed E-state index contributed by atoms with van der Waals surface area (Å²) in [5.41, 5.74) is 20.2. The summed E-state index contributed by atoms with van der Waals surface area (Å²) < 4.78 is 2.49. The summed E-state index contributed by atoms with van der Waals surface area (Å²) in [7, 11) is 0. The molecule has 3 aromatic heterocycles. The van der Waals surface area contributed by atoms with Gasteiger partial charge < -0.3 is 4.57 Å². The van der Waals surface area contributed by atoms with E-state index in [1.54, 1.807) is 22.7 Å². The van der Waals surface area contributed by atoms with Gasteiger partial charge in [0.15, 0.2) is 0 Å². The van der Waals surface area contributed by atoms with Crippen molar-refractivity contribution in [3.05, 3.63) is 247 Å². The molecular formula is C62H41NS2. The maximum Gasteiger partial charge on any atom is 0.0541 e. The summed E-state index contributed by atoms with van der Waals surface area (Å²) in [5, 5.41) is 6.79. The Morgan fingerprint density at radius 2 is 0.554 bits per heavy atom. The molecule has 0 bridgehead atoms. The molecule has 0 aliphatic carbocycles. The van der Waals surface area contributed by atoms with Gasteiger partial charge in [-0.05, 0) is 180 Å². The second-order valence-corrected chi connectivity index (χ2v) is 18.5. The molecule has 0 aliphatic rings. The molecule has 0 atom stereocenters. The van der Waals surface area contributed by atoms with E-state index >= 15 is 0 Å². The van der Waals surface area contributed by atoms with Crippen molar-refractivity contribution < 1.29 is 0 Å². The predicted octanol–water partition coefficient (Wildman–Crippen LogP) is 18.2. The number of aromatic nitrogens is 1. The van der Waals surface area contributed by atoms with E-state index in [0.29, 0.717) is 0 Å². The van der Waals surface area contributed by atoms with Crippen LogP contribution in [-0.4, -0.2) is 4.57 Å². The molecule has 0 saturated heterocycles. The van der Waals surface area contributed by atoms with Gasteiger partial charge >= 0.3 is 0 Å². The predicted molar refractivity (Wildman–Crippen MR) is 280 cm³/mol. The van der Waals surface area contributed by atoms with Crippen molar-refractivity contribution in [3.8, 4) is 93.3 Å². The summed E-state index contributed by atoms with van der Waals surface area (Å²) in [6.45, 7) is 0. The normalized spacial score (nSPS) is 11.4. The van der Waals surface area contributed by atoms with E-state index in [1.165, 1.54) is 98.3 Å². The molecule has 306 valence electrons. The van der Waals surface area contributed by atoms with Gasteiger partial charge in [-0.1, -0.05) is 146 Å². The van der Waals surface area contributed by atoms with Crippen LogP contribution in [0.1, 0.15) is 0 Å². The molecule has 65 heavy (non-hydrogen) atoms. The van der Waals surface area contributed by atoms with Crippen molar-refractivity contribution in [2.45, 2.75) is 0 Å². The minimum Gasteiger partial charge on any atom is -0.309 e. The molecule has 0 amide bonds. The standard InChI is InChI=1S/C62H41NS2/c1-5-15-42(16-6-1)46-25-27-59-57(40-46)58-41-47(43-17-7-2-8-18-43)26-28-60(58)63(59)56-38-52(50-31-48(44-19-9-3-10-20-44)34-54(36-50)61-23-13-29-64-61)33-53(39-56)51-32-49(45-21-11-4-12-22-45)35-55(37-51)62-24-14-30-65-62/h1-41H. The maximum absolute atomic E-state index is 2.49. The van der Waals surface area contributed by atoms with Gasteiger partial charge in [0.25, 0.3) is 0 Å². The van der Waals surface area contributed by atoms with Crippen molar-refractivity contribution >= 4 is 44.5 Å². The largest absolute Gasteiger partial charge is 0.309 e. The van der Waals surface area contributed by atoms with Crippen molar-refractivity contribution in [1.29, 1.82) is 0 Å². The van der Waals surface area contributed by atoms with E-state index in [2.05, 4.69) is 252 Å². The smallest absolute Gasteiger partial charge is 0.0541 e. The zero-order chi connectivity index (χ0) is 43.1. The number of hydrogen-bond acceptors (Lipinski definition) is 2. The SMILES string of the molecule is c1ccc(-c2cc(-c3cc(-c4cc(-c5ccccc5)cc(-c5cccs5)c4)cc(-n4c5ccc(-c6ccccc6)cc5c5cc(-c6ccccc6)ccc54)c3)cc(-c3cccs3)c2)cc1. The van der Waals surface area contributed by atoms with Gasteiger partial charge in [-0.2, -0.15) is 0 Å². The van der Waals surface area contributed by atoms with Crippen molar-refractivity contribution in [2.75, 3.05) is 0 Å². The highest BCUT2D eigenvalue weighted by molar-refractivity contribution is 7.13. The first-order valence-corrected chi connectivity index (χ1v) is 23.8. The van der Waals surface area contributed by atoms with Crippen molar-refractivity contribution in [1.82, 2.24) is 4.57 Å². The summed E-state index contributed by atoms with van der Waals surface area (Å²) in [4.78, 5) is 2.50. The van der Waals surface area contributed by atoms with Crippen LogP contribution in [0.25, 0.3) is 115 Å². The quantitative estimate of drug-likeness (QED) is 0.136. The lowest BCUT2D eigenvalue weighted by atomic mass is 9.91. The highest BCUT2D eigenvalue weighted by Crippen LogP contribution is 2.43. The molecule has 0 spiro atoms. The molecule has 12 aromatic rings. The zero-order valence-electron chi connectivity index (χ0n) is 35.4. The molecule has 0 unspecified atom stereocenters. The van der Waals surface area contributed by atoms with Crippen LogP contribution < -0.4 is 0 Å². The second-order valence-electron chi connectivity index (χ2n) is 16.6. The molecule has 0 fully saturated rings. The average Bonchev–Trinajstić information content (AvgIpc) is 4.19. The maximum atomic E-state index is 2.49. The van der Waals surface area contributed by atoms with Gasteiger partial charge in [0.2, 0.25) is 0 Å². The lowest BCUT2D eigenvalue weighted by Crippen LogP contribution is -1.97. The van der Waals surface area contributed by atoms with E-state index < -0.39 is 0 Å². The number of rotatable bonds is 9. The molecule has 3 heteroatoms. The van der Waals surface area contributed by atoms with Crippen LogP contribution in [0.2, 0.25) is 0 Å². The molecule has 0 aliphatic heterocycles. The number of nitrogens with zero attached hydrogens (tertiary/aromatic N) is 1. The lowest BCUT2D eigenvalue weighted by Gasteiger charge is -2.17. The van der Waals surface area contributed by atoms with E-state index in [1.807, 2.05) is 0 Å². The summed E-state index contributed by atoms with van der Waals surface area (Å²) >= 11 is 3.57. The molecule has 0 N–H and O–H groups in total. The van der Waals surface area contributed by atoms with Crippen LogP contribution in [-0.2, 0) is 0 Å². The van der Waals surface area contributed by atoms with Crippen LogP contribution in [0.15, 0.2) is 247 Å². The number of thiophene rings is 2. The Morgan fingerprint density at radius 1 is 0.231 bits per heavy atom. The summed E-state index contributed by atoms with van der Waals surface area (Å²) in [6, 6.07) is 87.1. The third kappa shape index (κ3) is 7.51. The van der Waals surface area contributed by atoms with E-state index in [9.17, 15) is 0 Å². The van der Waals surface area contributed by atoms with Gasteiger partial charge in [-0.15, -0.1) is 22.7 Å². The monoisotopic (exact) mass is 863 g/mol. The molecule has 0 radical (unpaired) electrons. The number of benzene rings is 9. The van der Waals surface area contributed by atoms with Crippen LogP contribution in [0, 0.1) is 0 Å². The Hall–Kier alpha value is -7.82. The molecule has 9 aromatic carbocycles. The molecule has 0 saturated carbocycles. The van der Waals surface area contributed by atoms with Crippen LogP contribution in [0.3, 0.4) is 0 Å². The summed E-state index contributed by atoms with van der Waals surface area (Å²) in [5.74, 6) is 0. The highest BCUT2D eigenvalue weighted by Gasteiger charge is 2.19. The van der Waals surface area contributed by atoms with Gasteiger partial charge in [0.1, 0.15) is 0 Å². The van der Waals surface area contributed by atoms with Crippen LogP contribution >= 0.6 is 22.7 Å². The minimum absolute atomic E-state index is 1.11. The van der Waals surface area contributed by atoms with Crippen LogP contribution in [0.4, 0.5) is 0 Å². The number of hydrogen-bond donors (Lipinski definition) is 0. The molecule has 12 rings (SSSR count). The Balaban J connectivity index is 1.15. The summed E-state index contributed by atoms with van der Waals surface area (Å²) in [6.07, 6.45) is 0. The van der Waals surface area contributed by atoms with E-state index in [4.69, 9.17) is 0 Å². The first-order valence-electron chi connectivity index (χ1n) is 22.0. The fourth-order valence-electron chi connectivity index (χ4n) is 9.35. The third-order valence-corrected chi connectivity index (χ3v) is 14.4. The first-order chi connectivity index (χ1) is 32.2. The Labute approximate surface area is 387 Å². The van der Waals surface area contributed by atoms with Gasteiger partial charge in [0, 0.05) is 26.2 Å². The topological polar surface area (TPSA) is 4.93 Å². The molecular weight excluding hydrogens is 823 g/mol. The average molecular weight is 864 g/mol.